The highest BCUT2D eigenvalue weighted by Gasteiger charge is 2.32. The zero-order valence-corrected chi connectivity index (χ0v) is 23.3. The molecular weight excluding hydrogens is 528 g/mol. The van der Waals surface area contributed by atoms with Crippen molar-refractivity contribution in [1.82, 2.24) is 4.57 Å². The Balaban J connectivity index is 1.54. The molecule has 1 atom stereocenters. The lowest BCUT2D eigenvalue weighted by Gasteiger charge is -2.31. The van der Waals surface area contributed by atoms with Crippen molar-refractivity contribution in [3.8, 4) is 11.5 Å². The van der Waals surface area contributed by atoms with Gasteiger partial charge in [0.05, 0.1) is 30.5 Å². The van der Waals surface area contributed by atoms with Crippen LogP contribution in [0.15, 0.2) is 99.4 Å². The first-order valence-corrected chi connectivity index (χ1v) is 14.0. The number of benzene rings is 3. The van der Waals surface area contributed by atoms with Gasteiger partial charge in [0, 0.05) is 5.02 Å². The molecule has 1 aromatic heterocycles. The van der Waals surface area contributed by atoms with Gasteiger partial charge in [-0.25, -0.2) is 4.99 Å². The van der Waals surface area contributed by atoms with Crippen molar-refractivity contribution < 1.29 is 9.47 Å². The van der Waals surface area contributed by atoms with E-state index < -0.39 is 0 Å². The van der Waals surface area contributed by atoms with Gasteiger partial charge >= 0.3 is 0 Å². The second kappa shape index (κ2) is 10.7. The maximum atomic E-state index is 13.9. The van der Waals surface area contributed by atoms with Gasteiger partial charge in [-0.3, -0.25) is 9.36 Å². The standard InChI is InChI=1S/C32H27ClN2O3S/c1-37-25-14-8-20(9-15-25)18-23-4-3-5-27-29(23)34-32-35(30(27)22-10-16-26(38-2)17-11-22)31(36)28(39-32)19-21-6-12-24(33)13-7-21/h6-19,30H,3-5H2,1-2H3/b23-18-,28-19+. The van der Waals surface area contributed by atoms with Gasteiger partial charge in [0.2, 0.25) is 0 Å². The van der Waals surface area contributed by atoms with Gasteiger partial charge in [0.25, 0.3) is 5.56 Å². The largest absolute Gasteiger partial charge is 0.497 e. The Hall–Kier alpha value is -3.87. The molecule has 6 rings (SSSR count). The summed E-state index contributed by atoms with van der Waals surface area (Å²) in [5, 5.41) is 0.664. The third-order valence-corrected chi connectivity index (χ3v) is 8.42. The van der Waals surface area contributed by atoms with Gasteiger partial charge in [0.1, 0.15) is 11.5 Å². The van der Waals surface area contributed by atoms with E-state index in [0.29, 0.717) is 14.4 Å². The van der Waals surface area contributed by atoms with Crippen LogP contribution in [0.5, 0.6) is 11.5 Å². The Labute approximate surface area is 235 Å². The van der Waals surface area contributed by atoms with Gasteiger partial charge in [-0.15, -0.1) is 0 Å². The van der Waals surface area contributed by atoms with Crippen molar-refractivity contribution >= 4 is 35.1 Å². The molecule has 1 aliphatic carbocycles. The topological polar surface area (TPSA) is 52.8 Å². The number of thiazole rings is 1. The predicted molar refractivity (Wildman–Crippen MR) is 157 cm³/mol. The van der Waals surface area contributed by atoms with Crippen LogP contribution in [0.25, 0.3) is 12.2 Å². The van der Waals surface area contributed by atoms with Crippen molar-refractivity contribution in [2.45, 2.75) is 25.3 Å². The lowest BCUT2D eigenvalue weighted by Crippen LogP contribution is -2.39. The van der Waals surface area contributed by atoms with Crippen LogP contribution in [0.3, 0.4) is 0 Å². The lowest BCUT2D eigenvalue weighted by molar-refractivity contribution is 0.414. The highest BCUT2D eigenvalue weighted by atomic mass is 35.5. The molecule has 0 saturated heterocycles. The average Bonchev–Trinajstić information content (AvgIpc) is 3.28. The molecule has 0 saturated carbocycles. The molecule has 39 heavy (non-hydrogen) atoms. The van der Waals surface area contributed by atoms with Crippen LogP contribution < -0.4 is 24.4 Å². The fourth-order valence-corrected chi connectivity index (χ4v) is 6.38. The van der Waals surface area contributed by atoms with E-state index in [9.17, 15) is 4.79 Å². The third-order valence-electron chi connectivity index (χ3n) is 7.19. The molecule has 5 nitrogen and oxygen atoms in total. The van der Waals surface area contributed by atoms with Gasteiger partial charge in [-0.05, 0) is 95.6 Å². The van der Waals surface area contributed by atoms with Gasteiger partial charge in [-0.2, -0.15) is 0 Å². The molecule has 2 aliphatic rings. The Bertz CT molecular complexity index is 1760. The first-order valence-electron chi connectivity index (χ1n) is 12.8. The van der Waals surface area contributed by atoms with E-state index in [1.54, 1.807) is 14.2 Å². The molecule has 0 bridgehead atoms. The molecule has 0 fully saturated rings. The van der Waals surface area contributed by atoms with E-state index in [1.807, 2.05) is 59.2 Å². The maximum Gasteiger partial charge on any atom is 0.271 e. The number of hydrogen-bond acceptors (Lipinski definition) is 5. The molecule has 7 heteroatoms. The molecule has 0 radical (unpaired) electrons. The summed E-state index contributed by atoms with van der Waals surface area (Å²) in [6.45, 7) is 0. The van der Waals surface area contributed by atoms with Gasteiger partial charge in [-0.1, -0.05) is 59.3 Å². The lowest BCUT2D eigenvalue weighted by atomic mass is 9.84. The van der Waals surface area contributed by atoms with E-state index >= 15 is 0 Å². The number of hydrogen-bond donors (Lipinski definition) is 0. The van der Waals surface area contributed by atoms with Crippen LogP contribution in [0.2, 0.25) is 5.02 Å². The number of fused-ring (bicyclic) bond motifs is 1. The zero-order chi connectivity index (χ0) is 26.9. The van der Waals surface area contributed by atoms with Crippen LogP contribution in [0.1, 0.15) is 42.0 Å². The Morgan fingerprint density at radius 3 is 2.15 bits per heavy atom. The molecule has 0 spiro atoms. The van der Waals surface area contributed by atoms with Crippen molar-refractivity contribution in [2.75, 3.05) is 14.2 Å². The fraction of sp³-hybridized carbons (Fsp3) is 0.188. The van der Waals surface area contributed by atoms with Crippen molar-refractivity contribution in [1.29, 1.82) is 0 Å². The third kappa shape index (κ3) is 4.98. The zero-order valence-electron chi connectivity index (χ0n) is 21.7. The summed E-state index contributed by atoms with van der Waals surface area (Å²) in [6.07, 6.45) is 6.95. The second-order valence-electron chi connectivity index (χ2n) is 9.58. The molecule has 196 valence electrons. The number of nitrogens with zero attached hydrogens (tertiary/aromatic N) is 2. The normalized spacial score (nSPS) is 18.0. The Morgan fingerprint density at radius 2 is 1.49 bits per heavy atom. The fourth-order valence-electron chi connectivity index (χ4n) is 5.25. The number of ether oxygens (including phenoxy) is 2. The Kier molecular flexibility index (Phi) is 6.98. The molecular formula is C32H27ClN2O3S. The van der Waals surface area contributed by atoms with E-state index in [-0.39, 0.29) is 11.6 Å². The molecule has 0 N–H and O–H groups in total. The van der Waals surface area contributed by atoms with E-state index in [0.717, 1.165) is 53.1 Å². The number of aromatic nitrogens is 1. The highest BCUT2D eigenvalue weighted by Crippen LogP contribution is 2.41. The molecule has 2 heterocycles. The predicted octanol–water partition coefficient (Wildman–Crippen LogP) is 6.15. The van der Waals surface area contributed by atoms with Crippen molar-refractivity contribution in [3.05, 3.63) is 131 Å². The number of methoxy groups -OCH3 is 2. The van der Waals surface area contributed by atoms with E-state index in [1.165, 1.54) is 22.5 Å². The summed E-state index contributed by atoms with van der Waals surface area (Å²) in [5.74, 6) is 1.61. The maximum absolute atomic E-state index is 13.9. The SMILES string of the molecule is COc1ccc(/C=C2/CCCC3=C2N=c2s/c(=C/c4ccc(Cl)cc4)c(=O)n2C3c2ccc(OC)cc2)cc1. The monoisotopic (exact) mass is 554 g/mol. The minimum absolute atomic E-state index is 0.0349. The molecule has 0 amide bonds. The van der Waals surface area contributed by atoms with Gasteiger partial charge < -0.3 is 9.47 Å². The van der Waals surface area contributed by atoms with Crippen LogP contribution in [0, 0.1) is 0 Å². The summed E-state index contributed by atoms with van der Waals surface area (Å²) in [5.41, 5.74) is 6.40. The summed E-state index contributed by atoms with van der Waals surface area (Å²) in [6, 6.07) is 23.4. The smallest absolute Gasteiger partial charge is 0.271 e. The van der Waals surface area contributed by atoms with E-state index in [2.05, 4.69) is 30.3 Å². The van der Waals surface area contributed by atoms with Crippen LogP contribution in [-0.2, 0) is 0 Å². The average molecular weight is 555 g/mol. The van der Waals surface area contributed by atoms with Crippen LogP contribution in [0.4, 0.5) is 0 Å². The van der Waals surface area contributed by atoms with E-state index in [4.69, 9.17) is 26.1 Å². The van der Waals surface area contributed by atoms with Crippen molar-refractivity contribution in [3.63, 3.8) is 0 Å². The molecule has 4 aromatic rings. The molecule has 3 aromatic carbocycles. The first kappa shape index (κ1) is 25.4. The molecule has 1 unspecified atom stereocenters. The summed E-state index contributed by atoms with van der Waals surface area (Å²) in [7, 11) is 3.33. The summed E-state index contributed by atoms with van der Waals surface area (Å²) in [4.78, 5) is 19.7. The first-order chi connectivity index (χ1) is 19.0. The number of rotatable bonds is 5. The highest BCUT2D eigenvalue weighted by molar-refractivity contribution is 7.07. The van der Waals surface area contributed by atoms with Crippen LogP contribution >= 0.6 is 22.9 Å². The number of allylic oxidation sites excluding steroid dienone is 2. The van der Waals surface area contributed by atoms with Gasteiger partial charge in [0.15, 0.2) is 4.80 Å². The summed E-state index contributed by atoms with van der Waals surface area (Å²) >= 11 is 7.50. The quantitative estimate of drug-likeness (QED) is 0.297. The second-order valence-corrected chi connectivity index (χ2v) is 11.0. The van der Waals surface area contributed by atoms with Crippen molar-refractivity contribution in [2.24, 2.45) is 4.99 Å². The Morgan fingerprint density at radius 1 is 0.872 bits per heavy atom. The number of halogens is 1. The molecule has 1 aliphatic heterocycles. The van der Waals surface area contributed by atoms with Crippen LogP contribution in [-0.4, -0.2) is 18.8 Å². The summed E-state index contributed by atoms with van der Waals surface area (Å²) < 4.78 is 13.2. The minimum atomic E-state index is -0.228. The minimum Gasteiger partial charge on any atom is -0.497 e.